The monoisotopic (exact) mass is 470 g/mol. The predicted molar refractivity (Wildman–Crippen MR) is 154 cm³/mol. The highest BCUT2D eigenvalue weighted by Gasteiger charge is 2.48. The second-order valence-electron chi connectivity index (χ2n) is 10.4. The molecule has 5 aromatic rings. The van der Waals surface area contributed by atoms with E-state index in [1.54, 1.807) is 0 Å². The highest BCUT2D eigenvalue weighted by atomic mass is 14.5. The zero-order valence-electron chi connectivity index (χ0n) is 20.6. The maximum Gasteiger partial charge on any atom is 0.0560 e. The fourth-order valence-electron chi connectivity index (χ4n) is 7.22. The minimum Gasteiger partial charge on any atom is -0.0754 e. The number of allylic oxidation sites excluding steroid dienone is 5. The van der Waals surface area contributed by atoms with Crippen LogP contribution in [0.1, 0.15) is 38.9 Å². The van der Waals surface area contributed by atoms with Crippen LogP contribution in [-0.2, 0) is 11.8 Å². The number of hydrogen-bond acceptors (Lipinski definition) is 0. The maximum absolute atomic E-state index is 2.45. The third-order valence-corrected chi connectivity index (χ3v) is 8.71. The molecule has 0 saturated carbocycles. The molecule has 0 spiro atoms. The fraction of sp³-hybridized carbons (Fsp3) is 0.0811. The van der Waals surface area contributed by atoms with Crippen molar-refractivity contribution in [1.82, 2.24) is 0 Å². The lowest BCUT2D eigenvalue weighted by Crippen LogP contribution is -2.38. The molecule has 0 radical (unpaired) electrons. The molecule has 0 heteroatoms. The molecule has 1 atom stereocenters. The summed E-state index contributed by atoms with van der Waals surface area (Å²) in [6.45, 7) is 0. The molecule has 0 amide bonds. The van der Waals surface area contributed by atoms with Crippen LogP contribution in [0.2, 0.25) is 0 Å². The van der Waals surface area contributed by atoms with E-state index >= 15 is 0 Å². The molecule has 0 aromatic heterocycles. The molecule has 0 saturated heterocycles. The van der Waals surface area contributed by atoms with Gasteiger partial charge in [0.05, 0.1) is 5.41 Å². The van der Waals surface area contributed by atoms with Gasteiger partial charge in [-0.25, -0.2) is 0 Å². The minimum atomic E-state index is -0.364. The molecule has 0 nitrogen and oxygen atoms in total. The number of hydrogen-bond donors (Lipinski definition) is 0. The van der Waals surface area contributed by atoms with Crippen molar-refractivity contribution in [3.05, 3.63) is 184 Å². The van der Waals surface area contributed by atoms with Crippen molar-refractivity contribution < 1.29 is 0 Å². The van der Waals surface area contributed by atoms with Crippen molar-refractivity contribution in [2.75, 3.05) is 0 Å². The smallest absolute Gasteiger partial charge is 0.0560 e. The van der Waals surface area contributed by atoms with Gasteiger partial charge in [0.15, 0.2) is 0 Å². The van der Waals surface area contributed by atoms with Crippen LogP contribution in [0.25, 0.3) is 16.3 Å². The summed E-state index contributed by atoms with van der Waals surface area (Å²) < 4.78 is 0. The third-order valence-electron chi connectivity index (χ3n) is 8.71. The van der Waals surface area contributed by atoms with Crippen LogP contribution < -0.4 is 0 Å². The maximum atomic E-state index is 2.45. The predicted octanol–water partition coefficient (Wildman–Crippen LogP) is 8.64. The topological polar surface area (TPSA) is 0 Å². The Morgan fingerprint density at radius 2 is 1.19 bits per heavy atom. The highest BCUT2D eigenvalue weighted by Crippen LogP contribution is 2.58. The van der Waals surface area contributed by atoms with Crippen molar-refractivity contribution in [2.24, 2.45) is 5.92 Å². The summed E-state index contributed by atoms with van der Waals surface area (Å²) in [5.74, 6) is 0.141. The summed E-state index contributed by atoms with van der Waals surface area (Å²) in [5, 5.41) is 2.89. The van der Waals surface area contributed by atoms with Gasteiger partial charge < -0.3 is 0 Å². The van der Waals surface area contributed by atoms with E-state index in [0.717, 1.165) is 6.42 Å². The lowest BCUT2D eigenvalue weighted by atomic mass is 9.58. The van der Waals surface area contributed by atoms with Crippen LogP contribution in [0.4, 0.5) is 0 Å². The van der Waals surface area contributed by atoms with E-state index in [1.807, 2.05) is 0 Å². The van der Waals surface area contributed by atoms with Crippen LogP contribution in [0, 0.1) is 5.92 Å². The van der Waals surface area contributed by atoms with E-state index in [-0.39, 0.29) is 11.3 Å². The normalized spacial score (nSPS) is 18.3. The van der Waals surface area contributed by atoms with E-state index < -0.39 is 0 Å². The molecule has 5 aromatic carbocycles. The molecule has 3 aliphatic carbocycles. The standard InChI is InChI=1S/C37H26/c1-4-12-25(13-5-1)35-30-18-10-11-19-32(30)37(28-14-6-2-7-15-28,29-16-8-3-9-17-29)33-23-21-27-24-26-20-22-31(35)36(33)34(26)27/h1-23,32H,24H2. The number of rotatable bonds is 3. The molecule has 0 N–H and O–H groups in total. The van der Waals surface area contributed by atoms with Crippen molar-refractivity contribution in [3.8, 4) is 0 Å². The molecule has 0 bridgehead atoms. The summed E-state index contributed by atoms with van der Waals surface area (Å²) in [6.07, 6.45) is 10.3. The Hall–Kier alpha value is -4.42. The minimum absolute atomic E-state index is 0.141. The molecule has 0 heterocycles. The largest absolute Gasteiger partial charge is 0.0754 e. The van der Waals surface area contributed by atoms with Gasteiger partial charge in [0.25, 0.3) is 0 Å². The van der Waals surface area contributed by atoms with E-state index in [2.05, 4.69) is 140 Å². The van der Waals surface area contributed by atoms with Crippen LogP contribution in [0.5, 0.6) is 0 Å². The second kappa shape index (κ2) is 7.79. The molecule has 0 aliphatic heterocycles. The van der Waals surface area contributed by atoms with Gasteiger partial charge in [-0.3, -0.25) is 0 Å². The molecule has 3 aliphatic rings. The first-order valence-electron chi connectivity index (χ1n) is 13.2. The van der Waals surface area contributed by atoms with Gasteiger partial charge in [-0.15, -0.1) is 0 Å². The summed E-state index contributed by atoms with van der Waals surface area (Å²) in [6, 6.07) is 43.0. The van der Waals surface area contributed by atoms with Crippen LogP contribution >= 0.6 is 0 Å². The van der Waals surface area contributed by atoms with E-state index in [0.29, 0.717) is 0 Å². The van der Waals surface area contributed by atoms with Crippen LogP contribution in [0.15, 0.2) is 145 Å². The Kier molecular flexibility index (Phi) is 4.37. The first kappa shape index (κ1) is 20.7. The molecule has 0 fully saturated rings. The Morgan fingerprint density at radius 1 is 0.568 bits per heavy atom. The summed E-state index contributed by atoms with van der Waals surface area (Å²) in [4.78, 5) is 0. The third kappa shape index (κ3) is 2.73. The number of benzene rings is 5. The average Bonchev–Trinajstić information content (AvgIpc) is 3.05. The van der Waals surface area contributed by atoms with Crippen molar-refractivity contribution in [3.63, 3.8) is 0 Å². The van der Waals surface area contributed by atoms with Gasteiger partial charge in [-0.1, -0.05) is 140 Å². The number of fused-ring (bicyclic) bond motifs is 1. The van der Waals surface area contributed by atoms with Crippen molar-refractivity contribution in [2.45, 2.75) is 11.8 Å². The van der Waals surface area contributed by atoms with E-state index in [9.17, 15) is 0 Å². The van der Waals surface area contributed by atoms with Gasteiger partial charge >= 0.3 is 0 Å². The van der Waals surface area contributed by atoms with Gasteiger partial charge in [0.1, 0.15) is 0 Å². The molecule has 1 unspecified atom stereocenters. The first-order chi connectivity index (χ1) is 18.4. The van der Waals surface area contributed by atoms with Gasteiger partial charge in [-0.2, -0.15) is 0 Å². The highest BCUT2D eigenvalue weighted by molar-refractivity contribution is 6.08. The molecule has 8 rings (SSSR count). The Balaban J connectivity index is 1.63. The summed E-state index contributed by atoms with van der Waals surface area (Å²) in [5.41, 5.74) is 12.0. The molecular weight excluding hydrogens is 444 g/mol. The van der Waals surface area contributed by atoms with Crippen LogP contribution in [-0.4, -0.2) is 0 Å². The van der Waals surface area contributed by atoms with Gasteiger partial charge in [0.2, 0.25) is 0 Å². The van der Waals surface area contributed by atoms with Crippen molar-refractivity contribution in [1.29, 1.82) is 0 Å². The quantitative estimate of drug-likeness (QED) is 0.243. The zero-order valence-corrected chi connectivity index (χ0v) is 20.6. The summed E-state index contributed by atoms with van der Waals surface area (Å²) >= 11 is 0. The van der Waals surface area contributed by atoms with Gasteiger partial charge in [0, 0.05) is 5.92 Å². The average molecular weight is 471 g/mol. The Bertz CT molecular complexity index is 1720. The van der Waals surface area contributed by atoms with E-state index in [4.69, 9.17) is 0 Å². The SMILES string of the molecule is C1=CC2=C(c3ccccc3)c3ccc4c5c(ccc(c35)C(c3ccccc3)(c3ccccc3)C2C=C1)C4. The Morgan fingerprint density at radius 3 is 1.86 bits per heavy atom. The van der Waals surface area contributed by atoms with Gasteiger partial charge in [-0.05, 0) is 67.3 Å². The fourth-order valence-corrected chi connectivity index (χ4v) is 7.22. The Labute approximate surface area is 217 Å². The molecule has 37 heavy (non-hydrogen) atoms. The van der Waals surface area contributed by atoms with Crippen LogP contribution in [0.3, 0.4) is 0 Å². The van der Waals surface area contributed by atoms with E-state index in [1.165, 1.54) is 60.9 Å². The molecular formula is C37H26. The summed E-state index contributed by atoms with van der Waals surface area (Å²) in [7, 11) is 0. The second-order valence-corrected chi connectivity index (χ2v) is 10.4. The zero-order chi connectivity index (χ0) is 24.4. The lowest BCUT2D eigenvalue weighted by molar-refractivity contribution is 0.514. The lowest BCUT2D eigenvalue weighted by Gasteiger charge is -2.43. The van der Waals surface area contributed by atoms with Crippen molar-refractivity contribution >= 4 is 16.3 Å². The first-order valence-corrected chi connectivity index (χ1v) is 13.2. The molecule has 174 valence electrons.